The molecule has 29 heavy (non-hydrogen) atoms. The van der Waals surface area contributed by atoms with E-state index < -0.39 is 30.2 Å². The van der Waals surface area contributed by atoms with Gasteiger partial charge in [-0.15, -0.1) is 11.3 Å². The van der Waals surface area contributed by atoms with Crippen LogP contribution in [0.2, 0.25) is 0 Å². The fraction of sp³-hybridized carbons (Fsp3) is 0.350. The summed E-state index contributed by atoms with van der Waals surface area (Å²) in [6, 6.07) is 9.73. The summed E-state index contributed by atoms with van der Waals surface area (Å²) in [6.45, 7) is 1.47. The quantitative estimate of drug-likeness (QED) is 0.510. The van der Waals surface area contributed by atoms with Gasteiger partial charge in [0.05, 0.1) is 24.3 Å². The highest BCUT2D eigenvalue weighted by molar-refractivity contribution is 7.13. The zero-order valence-electron chi connectivity index (χ0n) is 16.0. The lowest BCUT2D eigenvalue weighted by Crippen LogP contribution is -2.56. The predicted octanol–water partition coefficient (Wildman–Crippen LogP) is 0.765. The van der Waals surface area contributed by atoms with E-state index in [0.717, 1.165) is 22.8 Å². The monoisotopic (exact) mass is 417 g/mol. The summed E-state index contributed by atoms with van der Waals surface area (Å²) in [6.07, 6.45) is 0. The van der Waals surface area contributed by atoms with Crippen molar-refractivity contribution in [1.29, 1.82) is 0 Å². The second-order valence-electron chi connectivity index (χ2n) is 6.50. The number of amides is 2. The molecule has 154 valence electrons. The van der Waals surface area contributed by atoms with E-state index in [1.807, 2.05) is 24.3 Å². The van der Waals surface area contributed by atoms with Gasteiger partial charge in [0.2, 0.25) is 5.91 Å². The summed E-state index contributed by atoms with van der Waals surface area (Å²) >= 11 is 1.15. The van der Waals surface area contributed by atoms with Gasteiger partial charge in [0.1, 0.15) is 11.8 Å². The Hall–Kier alpha value is -2.91. The number of ether oxygens (including phenoxy) is 1. The Labute approximate surface area is 172 Å². The van der Waals surface area contributed by atoms with E-state index in [2.05, 4.69) is 10.2 Å². The summed E-state index contributed by atoms with van der Waals surface area (Å²) in [7, 11) is 1.62. The van der Waals surface area contributed by atoms with Gasteiger partial charge < -0.3 is 25.0 Å². The number of aliphatic hydroxyl groups excluding tert-OH is 1. The van der Waals surface area contributed by atoms with E-state index in [0.29, 0.717) is 26.2 Å². The number of anilines is 1. The molecule has 0 bridgehead atoms. The molecule has 2 aromatic rings. The molecule has 0 unspecified atom stereocenters. The minimum absolute atomic E-state index is 0.289. The summed E-state index contributed by atoms with van der Waals surface area (Å²) in [4.78, 5) is 41.0. The number of carbonyl (C=O) groups excluding carboxylic acids is 3. The average molecular weight is 417 g/mol. The van der Waals surface area contributed by atoms with Gasteiger partial charge in [0.25, 0.3) is 11.7 Å². The molecule has 8 nitrogen and oxygen atoms in total. The fourth-order valence-corrected chi connectivity index (χ4v) is 3.87. The highest BCUT2D eigenvalue weighted by atomic mass is 32.1. The third-order valence-electron chi connectivity index (χ3n) is 4.75. The van der Waals surface area contributed by atoms with Gasteiger partial charge in [-0.25, -0.2) is 0 Å². The summed E-state index contributed by atoms with van der Waals surface area (Å²) in [5, 5.41) is 13.6. The molecule has 1 aromatic heterocycles. The van der Waals surface area contributed by atoms with Crippen LogP contribution < -0.4 is 15.0 Å². The number of hydrogen-bond donors (Lipinski definition) is 2. The first-order valence-electron chi connectivity index (χ1n) is 9.21. The number of para-hydroxylation sites is 2. The van der Waals surface area contributed by atoms with Crippen LogP contribution in [0.15, 0.2) is 41.8 Å². The zero-order valence-corrected chi connectivity index (χ0v) is 16.9. The molecule has 9 heteroatoms. The Morgan fingerprint density at radius 2 is 1.86 bits per heavy atom. The molecular weight excluding hydrogens is 394 g/mol. The van der Waals surface area contributed by atoms with Crippen molar-refractivity contribution in [3.63, 3.8) is 0 Å². The number of nitrogens with zero attached hydrogens (tertiary/aromatic N) is 2. The lowest BCUT2D eigenvalue weighted by molar-refractivity contribution is -0.137. The van der Waals surface area contributed by atoms with Gasteiger partial charge in [-0.05, 0) is 23.6 Å². The normalized spacial score (nSPS) is 15.0. The maximum absolute atomic E-state index is 12.7. The van der Waals surface area contributed by atoms with Crippen molar-refractivity contribution in [2.75, 3.05) is 44.8 Å². The van der Waals surface area contributed by atoms with Crippen LogP contribution in [0.4, 0.5) is 5.69 Å². The van der Waals surface area contributed by atoms with Crippen LogP contribution in [-0.2, 0) is 9.59 Å². The molecule has 0 saturated carbocycles. The van der Waals surface area contributed by atoms with Crippen molar-refractivity contribution < 1.29 is 24.2 Å². The number of nitrogens with one attached hydrogen (secondary N) is 1. The van der Waals surface area contributed by atoms with Crippen LogP contribution in [0.5, 0.6) is 5.75 Å². The number of ketones is 1. The van der Waals surface area contributed by atoms with Crippen molar-refractivity contribution >= 4 is 34.6 Å². The number of aliphatic hydroxyl groups is 1. The molecule has 0 radical (unpaired) electrons. The molecule has 1 atom stereocenters. The summed E-state index contributed by atoms with van der Waals surface area (Å²) in [5.74, 6) is -1.25. The van der Waals surface area contributed by atoms with Crippen LogP contribution in [0.25, 0.3) is 0 Å². The maximum Gasteiger partial charge on any atom is 0.293 e. The van der Waals surface area contributed by atoms with Crippen LogP contribution >= 0.6 is 11.3 Å². The van der Waals surface area contributed by atoms with E-state index in [-0.39, 0.29) is 4.88 Å². The molecule has 1 aliphatic rings. The number of benzene rings is 1. The SMILES string of the molecule is COc1ccccc1N1CCN(C(=O)[C@H](CO)NC(=O)C(=O)c2cccs2)CC1. The average Bonchev–Trinajstić information content (AvgIpc) is 3.31. The molecule has 3 rings (SSSR count). The number of methoxy groups -OCH3 is 1. The Bertz CT molecular complexity index is 863. The largest absolute Gasteiger partial charge is 0.495 e. The smallest absolute Gasteiger partial charge is 0.293 e. The molecule has 2 N–H and O–H groups in total. The molecular formula is C20H23N3O5S. The van der Waals surface area contributed by atoms with E-state index in [1.165, 1.54) is 0 Å². The van der Waals surface area contributed by atoms with Crippen LogP contribution in [-0.4, -0.2) is 73.5 Å². The molecule has 1 aromatic carbocycles. The van der Waals surface area contributed by atoms with Gasteiger partial charge >= 0.3 is 0 Å². The molecule has 1 saturated heterocycles. The lowest BCUT2D eigenvalue weighted by atomic mass is 10.2. The topological polar surface area (TPSA) is 99.2 Å². The van der Waals surface area contributed by atoms with Crippen molar-refractivity contribution in [3.8, 4) is 5.75 Å². The predicted molar refractivity (Wildman–Crippen MR) is 109 cm³/mol. The van der Waals surface area contributed by atoms with Gasteiger partial charge in [-0.1, -0.05) is 18.2 Å². The Balaban J connectivity index is 1.58. The number of thiophene rings is 1. The van der Waals surface area contributed by atoms with Gasteiger partial charge in [0.15, 0.2) is 0 Å². The van der Waals surface area contributed by atoms with Crippen LogP contribution in [0, 0.1) is 0 Å². The van der Waals surface area contributed by atoms with Crippen molar-refractivity contribution in [2.45, 2.75) is 6.04 Å². The van der Waals surface area contributed by atoms with Crippen molar-refractivity contribution in [1.82, 2.24) is 10.2 Å². The second kappa shape index (κ2) is 9.53. The van der Waals surface area contributed by atoms with Crippen LogP contribution in [0.1, 0.15) is 9.67 Å². The number of hydrogen-bond acceptors (Lipinski definition) is 7. The van der Waals surface area contributed by atoms with Gasteiger partial charge in [0, 0.05) is 26.2 Å². The highest BCUT2D eigenvalue weighted by Gasteiger charge is 2.30. The van der Waals surface area contributed by atoms with Gasteiger partial charge in [-0.3, -0.25) is 14.4 Å². The number of piperazine rings is 1. The third-order valence-corrected chi connectivity index (χ3v) is 5.62. The fourth-order valence-electron chi connectivity index (χ4n) is 3.21. The van der Waals surface area contributed by atoms with Crippen LogP contribution in [0.3, 0.4) is 0 Å². The molecule has 0 spiro atoms. The molecule has 2 amide bonds. The summed E-state index contributed by atoms with van der Waals surface area (Å²) in [5.41, 5.74) is 0.954. The van der Waals surface area contributed by atoms with E-state index in [1.54, 1.807) is 29.5 Å². The highest BCUT2D eigenvalue weighted by Crippen LogP contribution is 2.28. The Kier molecular flexibility index (Phi) is 6.84. The lowest BCUT2D eigenvalue weighted by Gasteiger charge is -2.37. The first-order valence-corrected chi connectivity index (χ1v) is 10.1. The Morgan fingerprint density at radius 1 is 1.14 bits per heavy atom. The van der Waals surface area contributed by atoms with E-state index >= 15 is 0 Å². The molecule has 1 fully saturated rings. The minimum atomic E-state index is -1.15. The maximum atomic E-state index is 12.7. The number of carbonyl (C=O) groups is 3. The minimum Gasteiger partial charge on any atom is -0.495 e. The summed E-state index contributed by atoms with van der Waals surface area (Å²) < 4.78 is 5.39. The standard InChI is InChI=1S/C20H23N3O5S/c1-28-16-6-3-2-5-15(16)22-8-10-23(11-9-22)20(27)14(13-24)21-19(26)18(25)17-7-4-12-29-17/h2-7,12,14,24H,8-11,13H2,1H3,(H,21,26)/t14-/m0/s1. The first kappa shape index (κ1) is 20.8. The van der Waals surface area contributed by atoms with Crippen molar-refractivity contribution in [2.24, 2.45) is 0 Å². The number of Topliss-reactive ketones (excluding diaryl/α,β-unsaturated/α-hetero) is 1. The zero-order chi connectivity index (χ0) is 20.8. The van der Waals surface area contributed by atoms with Gasteiger partial charge in [-0.2, -0.15) is 0 Å². The van der Waals surface area contributed by atoms with E-state index in [9.17, 15) is 19.5 Å². The third kappa shape index (κ3) is 4.75. The molecule has 2 heterocycles. The van der Waals surface area contributed by atoms with Crippen molar-refractivity contribution in [3.05, 3.63) is 46.7 Å². The molecule has 0 aliphatic carbocycles. The number of rotatable bonds is 7. The molecule has 1 aliphatic heterocycles. The van der Waals surface area contributed by atoms with E-state index in [4.69, 9.17) is 4.74 Å². The second-order valence-corrected chi connectivity index (χ2v) is 7.45. The Morgan fingerprint density at radius 3 is 2.48 bits per heavy atom. The first-order chi connectivity index (χ1) is 14.0.